The summed E-state index contributed by atoms with van der Waals surface area (Å²) in [5.74, 6) is -0.510. The Hall–Kier alpha value is -3.26. The van der Waals surface area contributed by atoms with Gasteiger partial charge >= 0.3 is 0 Å². The quantitative estimate of drug-likeness (QED) is 0.592. The van der Waals surface area contributed by atoms with E-state index in [1.54, 1.807) is 35.6 Å². The zero-order chi connectivity index (χ0) is 21.5. The van der Waals surface area contributed by atoms with Gasteiger partial charge in [-0.2, -0.15) is 0 Å². The first-order valence-electron chi connectivity index (χ1n) is 10.4. The fraction of sp³-hybridized carbons (Fsp3) is 0.304. The summed E-state index contributed by atoms with van der Waals surface area (Å²) in [5.41, 5.74) is 3.19. The van der Waals surface area contributed by atoms with Crippen molar-refractivity contribution in [3.05, 3.63) is 53.6 Å². The Kier molecular flexibility index (Phi) is 4.94. The number of fused-ring (bicyclic) bond motifs is 1. The molecule has 3 amide bonds. The Bertz CT molecular complexity index is 1180. The predicted molar refractivity (Wildman–Crippen MR) is 121 cm³/mol. The Labute approximate surface area is 183 Å². The van der Waals surface area contributed by atoms with Gasteiger partial charge in [0.25, 0.3) is 5.91 Å². The molecule has 7 nitrogen and oxygen atoms in total. The SMILES string of the molecule is Cc1ccc2nc(N3CCN(C(=O)c4cccc(N5C(=O)CCC5=O)c4)CC3)sc2c1. The lowest BCUT2D eigenvalue weighted by Gasteiger charge is -2.34. The number of aromatic nitrogens is 1. The molecule has 3 aromatic rings. The molecule has 2 aliphatic heterocycles. The van der Waals surface area contributed by atoms with Gasteiger partial charge in [-0.3, -0.25) is 19.3 Å². The van der Waals surface area contributed by atoms with Gasteiger partial charge in [-0.15, -0.1) is 0 Å². The zero-order valence-electron chi connectivity index (χ0n) is 17.2. The van der Waals surface area contributed by atoms with Crippen LogP contribution in [0.1, 0.15) is 28.8 Å². The number of carbonyl (C=O) groups excluding carboxylic acids is 3. The maximum absolute atomic E-state index is 13.1. The number of aryl methyl sites for hydroxylation is 1. The Morgan fingerprint density at radius 1 is 0.968 bits per heavy atom. The van der Waals surface area contributed by atoms with E-state index < -0.39 is 0 Å². The highest BCUT2D eigenvalue weighted by Crippen LogP contribution is 2.30. The lowest BCUT2D eigenvalue weighted by atomic mass is 10.1. The minimum Gasteiger partial charge on any atom is -0.345 e. The van der Waals surface area contributed by atoms with E-state index in [1.165, 1.54) is 15.2 Å². The van der Waals surface area contributed by atoms with Crippen LogP contribution < -0.4 is 9.80 Å². The fourth-order valence-electron chi connectivity index (χ4n) is 4.08. The molecule has 0 saturated carbocycles. The first-order chi connectivity index (χ1) is 15.0. The Morgan fingerprint density at radius 3 is 2.45 bits per heavy atom. The normalized spacial score (nSPS) is 17.1. The van der Waals surface area contributed by atoms with E-state index in [0.29, 0.717) is 37.4 Å². The smallest absolute Gasteiger partial charge is 0.254 e. The molecule has 2 aromatic carbocycles. The van der Waals surface area contributed by atoms with Gasteiger partial charge in [0.05, 0.1) is 15.9 Å². The van der Waals surface area contributed by atoms with Crippen molar-refractivity contribution in [2.24, 2.45) is 0 Å². The van der Waals surface area contributed by atoms with Gasteiger partial charge in [-0.05, 0) is 42.8 Å². The van der Waals surface area contributed by atoms with Crippen LogP contribution >= 0.6 is 11.3 Å². The molecule has 0 spiro atoms. The molecule has 2 fully saturated rings. The zero-order valence-corrected chi connectivity index (χ0v) is 18.0. The summed E-state index contributed by atoms with van der Waals surface area (Å²) in [6.07, 6.45) is 0.453. The van der Waals surface area contributed by atoms with Crippen LogP contribution in [0.15, 0.2) is 42.5 Å². The second-order valence-electron chi connectivity index (χ2n) is 7.92. The van der Waals surface area contributed by atoms with Crippen molar-refractivity contribution in [2.45, 2.75) is 19.8 Å². The van der Waals surface area contributed by atoms with Gasteiger partial charge in [-0.25, -0.2) is 4.98 Å². The van der Waals surface area contributed by atoms with Crippen LogP contribution in [0.2, 0.25) is 0 Å². The molecular formula is C23H22N4O3S. The number of hydrogen-bond donors (Lipinski definition) is 0. The molecule has 1 aromatic heterocycles. The number of anilines is 2. The number of thiazole rings is 1. The summed E-state index contributed by atoms with van der Waals surface area (Å²) in [7, 11) is 0. The lowest BCUT2D eigenvalue weighted by Crippen LogP contribution is -2.48. The molecule has 0 unspecified atom stereocenters. The summed E-state index contributed by atoms with van der Waals surface area (Å²) in [4.78, 5) is 47.1. The number of piperazine rings is 1. The number of imide groups is 1. The summed E-state index contributed by atoms with van der Waals surface area (Å²) in [5, 5.41) is 0.987. The molecule has 2 aliphatic rings. The van der Waals surface area contributed by atoms with E-state index in [9.17, 15) is 14.4 Å². The van der Waals surface area contributed by atoms with Crippen LogP contribution in [0.4, 0.5) is 10.8 Å². The summed E-state index contributed by atoms with van der Waals surface area (Å²) >= 11 is 1.68. The van der Waals surface area contributed by atoms with Crippen molar-refractivity contribution in [2.75, 3.05) is 36.0 Å². The van der Waals surface area contributed by atoms with Gasteiger partial charge in [0.15, 0.2) is 5.13 Å². The van der Waals surface area contributed by atoms with E-state index in [-0.39, 0.29) is 30.6 Å². The molecule has 8 heteroatoms. The molecule has 31 heavy (non-hydrogen) atoms. The largest absolute Gasteiger partial charge is 0.345 e. The average Bonchev–Trinajstić information content (AvgIpc) is 3.35. The van der Waals surface area contributed by atoms with Crippen LogP contribution in [-0.2, 0) is 9.59 Å². The topological polar surface area (TPSA) is 73.8 Å². The van der Waals surface area contributed by atoms with Crippen LogP contribution in [0.3, 0.4) is 0 Å². The van der Waals surface area contributed by atoms with Gasteiger partial charge in [-0.1, -0.05) is 23.5 Å². The Balaban J connectivity index is 1.28. The first-order valence-corrected chi connectivity index (χ1v) is 11.2. The molecule has 5 rings (SSSR count). The second-order valence-corrected chi connectivity index (χ2v) is 8.93. The molecule has 2 saturated heterocycles. The molecule has 0 bridgehead atoms. The fourth-order valence-corrected chi connectivity index (χ4v) is 5.20. The molecule has 158 valence electrons. The molecule has 0 N–H and O–H groups in total. The molecule has 0 aliphatic carbocycles. The number of amides is 3. The van der Waals surface area contributed by atoms with E-state index in [1.807, 2.05) is 11.0 Å². The van der Waals surface area contributed by atoms with Crippen LogP contribution in [-0.4, -0.2) is 53.8 Å². The maximum atomic E-state index is 13.1. The Morgan fingerprint density at radius 2 is 1.71 bits per heavy atom. The van der Waals surface area contributed by atoms with Gasteiger partial charge in [0, 0.05) is 44.6 Å². The highest BCUT2D eigenvalue weighted by molar-refractivity contribution is 7.22. The van der Waals surface area contributed by atoms with E-state index in [0.717, 1.165) is 10.6 Å². The maximum Gasteiger partial charge on any atom is 0.254 e. The number of nitrogens with zero attached hydrogens (tertiary/aromatic N) is 4. The van der Waals surface area contributed by atoms with Crippen LogP contribution in [0.25, 0.3) is 10.2 Å². The monoisotopic (exact) mass is 434 g/mol. The highest BCUT2D eigenvalue weighted by Gasteiger charge is 2.31. The average molecular weight is 435 g/mol. The highest BCUT2D eigenvalue weighted by atomic mass is 32.1. The number of carbonyl (C=O) groups is 3. The molecule has 0 atom stereocenters. The van der Waals surface area contributed by atoms with Crippen LogP contribution in [0.5, 0.6) is 0 Å². The van der Waals surface area contributed by atoms with Gasteiger partial charge in [0.1, 0.15) is 0 Å². The standard InChI is InChI=1S/C23H22N4O3S/c1-15-5-6-18-19(13-15)31-23(24-18)26-11-9-25(10-12-26)22(30)16-3-2-4-17(14-16)27-20(28)7-8-21(27)29/h2-6,13-14H,7-12H2,1H3. The molecule has 0 radical (unpaired) electrons. The number of hydrogen-bond acceptors (Lipinski definition) is 6. The van der Waals surface area contributed by atoms with Crippen molar-refractivity contribution in [1.82, 2.24) is 9.88 Å². The third kappa shape index (κ3) is 3.67. The predicted octanol–water partition coefficient (Wildman–Crippen LogP) is 3.22. The van der Waals surface area contributed by atoms with Gasteiger partial charge in [0.2, 0.25) is 11.8 Å². The second kappa shape index (κ2) is 7.77. The minimum absolute atomic E-state index is 0.0829. The van der Waals surface area contributed by atoms with E-state index in [4.69, 9.17) is 4.98 Å². The van der Waals surface area contributed by atoms with Crippen molar-refractivity contribution in [3.8, 4) is 0 Å². The molecule has 3 heterocycles. The number of benzene rings is 2. The summed E-state index contributed by atoms with van der Waals surface area (Å²) in [6, 6.07) is 13.1. The third-order valence-corrected chi connectivity index (χ3v) is 6.85. The third-order valence-electron chi connectivity index (χ3n) is 5.77. The van der Waals surface area contributed by atoms with Crippen molar-refractivity contribution in [1.29, 1.82) is 0 Å². The summed E-state index contributed by atoms with van der Waals surface area (Å²) < 4.78 is 1.18. The van der Waals surface area contributed by atoms with Gasteiger partial charge < -0.3 is 9.80 Å². The van der Waals surface area contributed by atoms with E-state index in [2.05, 4.69) is 24.0 Å². The minimum atomic E-state index is -0.214. The number of rotatable bonds is 3. The molecular weight excluding hydrogens is 412 g/mol. The van der Waals surface area contributed by atoms with Crippen molar-refractivity contribution >= 4 is 50.1 Å². The van der Waals surface area contributed by atoms with Crippen LogP contribution in [0, 0.1) is 6.92 Å². The first kappa shape index (κ1) is 19.7. The van der Waals surface area contributed by atoms with Crippen molar-refractivity contribution in [3.63, 3.8) is 0 Å². The van der Waals surface area contributed by atoms with E-state index >= 15 is 0 Å². The lowest BCUT2D eigenvalue weighted by molar-refractivity contribution is -0.121. The summed E-state index contributed by atoms with van der Waals surface area (Å²) in [6.45, 7) is 4.70. The van der Waals surface area contributed by atoms with Crippen molar-refractivity contribution < 1.29 is 14.4 Å².